The molecule has 25 heavy (non-hydrogen) atoms. The Labute approximate surface area is 147 Å². The summed E-state index contributed by atoms with van der Waals surface area (Å²) >= 11 is 0. The minimum absolute atomic E-state index is 0.0323. The average Bonchev–Trinajstić information content (AvgIpc) is 3.40. The standard InChI is InChI=1S/C17H28N2O6/c1-12(15(22)24-10-13-5-6-13)19-25-16(23)18-11-17(9-14(20)21)7-3-2-4-8-17/h12-13,19H,2-11H2,1H3,(H,18,23)(H,20,21). The van der Waals surface area contributed by atoms with Crippen LogP contribution >= 0.6 is 0 Å². The number of esters is 1. The van der Waals surface area contributed by atoms with Gasteiger partial charge in [0.15, 0.2) is 0 Å². The molecule has 3 N–H and O–H groups in total. The van der Waals surface area contributed by atoms with E-state index in [1.54, 1.807) is 6.92 Å². The molecule has 0 aliphatic heterocycles. The minimum atomic E-state index is -0.859. The average molecular weight is 356 g/mol. The maximum absolute atomic E-state index is 11.8. The van der Waals surface area contributed by atoms with Crippen LogP contribution in [0, 0.1) is 11.3 Å². The summed E-state index contributed by atoms with van der Waals surface area (Å²) in [6.07, 6.45) is 6.06. The number of carboxylic acids is 1. The van der Waals surface area contributed by atoms with Gasteiger partial charge in [-0.25, -0.2) is 4.79 Å². The molecule has 0 aromatic rings. The van der Waals surface area contributed by atoms with Crippen molar-refractivity contribution in [2.24, 2.45) is 11.3 Å². The topological polar surface area (TPSA) is 114 Å². The van der Waals surface area contributed by atoms with E-state index in [4.69, 9.17) is 14.7 Å². The molecule has 2 aliphatic rings. The monoisotopic (exact) mass is 356 g/mol. The van der Waals surface area contributed by atoms with Crippen LogP contribution in [0.5, 0.6) is 0 Å². The molecule has 1 atom stereocenters. The normalized spacial score (nSPS) is 20.4. The summed E-state index contributed by atoms with van der Waals surface area (Å²) in [4.78, 5) is 39.5. The molecule has 142 valence electrons. The summed E-state index contributed by atoms with van der Waals surface area (Å²) in [6.45, 7) is 2.21. The molecule has 2 fully saturated rings. The highest BCUT2D eigenvalue weighted by Crippen LogP contribution is 2.38. The van der Waals surface area contributed by atoms with E-state index in [0.29, 0.717) is 12.5 Å². The van der Waals surface area contributed by atoms with Crippen molar-refractivity contribution in [3.8, 4) is 0 Å². The zero-order valence-electron chi connectivity index (χ0n) is 14.7. The third-order valence-corrected chi connectivity index (χ3v) is 4.89. The van der Waals surface area contributed by atoms with Crippen LogP contribution in [-0.2, 0) is 19.2 Å². The van der Waals surface area contributed by atoms with Crippen LogP contribution in [0.1, 0.15) is 58.3 Å². The van der Waals surface area contributed by atoms with Gasteiger partial charge in [-0.1, -0.05) is 19.3 Å². The molecule has 0 radical (unpaired) electrons. The summed E-state index contributed by atoms with van der Waals surface area (Å²) in [7, 11) is 0. The predicted molar refractivity (Wildman–Crippen MR) is 88.5 cm³/mol. The summed E-state index contributed by atoms with van der Waals surface area (Å²) in [6, 6.07) is -0.757. The lowest BCUT2D eigenvalue weighted by molar-refractivity contribution is -0.149. The Kier molecular flexibility index (Phi) is 7.04. The molecule has 1 amide bonds. The smallest absolute Gasteiger partial charge is 0.426 e. The lowest BCUT2D eigenvalue weighted by Gasteiger charge is -2.36. The van der Waals surface area contributed by atoms with Crippen molar-refractivity contribution in [2.45, 2.75) is 64.3 Å². The molecule has 8 heteroatoms. The molecule has 2 rings (SSSR count). The van der Waals surface area contributed by atoms with Crippen LogP contribution in [0.3, 0.4) is 0 Å². The second kappa shape index (κ2) is 9.03. The lowest BCUT2D eigenvalue weighted by atomic mass is 9.72. The molecule has 2 aliphatic carbocycles. The SMILES string of the molecule is CC(NOC(=O)NCC1(CC(=O)O)CCCCC1)C(=O)OCC1CC1. The van der Waals surface area contributed by atoms with Gasteiger partial charge in [-0.05, 0) is 43.9 Å². The Hall–Kier alpha value is -1.83. The molecule has 8 nitrogen and oxygen atoms in total. The second-order valence-corrected chi connectivity index (χ2v) is 7.29. The molecule has 0 aromatic carbocycles. The van der Waals surface area contributed by atoms with E-state index >= 15 is 0 Å². The van der Waals surface area contributed by atoms with Gasteiger partial charge < -0.3 is 20.0 Å². The van der Waals surface area contributed by atoms with Crippen molar-refractivity contribution in [3.63, 3.8) is 0 Å². The summed E-state index contributed by atoms with van der Waals surface area (Å²) < 4.78 is 5.10. The van der Waals surface area contributed by atoms with Gasteiger partial charge in [0.05, 0.1) is 13.0 Å². The van der Waals surface area contributed by atoms with Crippen LogP contribution in [0.15, 0.2) is 0 Å². The van der Waals surface area contributed by atoms with Crippen LogP contribution in [0.25, 0.3) is 0 Å². The fraction of sp³-hybridized carbons (Fsp3) is 0.824. The highest BCUT2D eigenvalue weighted by atomic mass is 16.7. The van der Waals surface area contributed by atoms with Gasteiger partial charge in [0.1, 0.15) is 6.04 Å². The largest absolute Gasteiger partial charge is 0.481 e. The van der Waals surface area contributed by atoms with E-state index in [2.05, 4.69) is 10.8 Å². The number of hydroxylamine groups is 1. The molecule has 0 spiro atoms. The summed E-state index contributed by atoms with van der Waals surface area (Å²) in [5.74, 6) is -0.849. The number of aliphatic carboxylic acids is 1. The Balaban J connectivity index is 1.69. The van der Waals surface area contributed by atoms with Crippen LogP contribution in [0.2, 0.25) is 0 Å². The predicted octanol–water partition coefficient (Wildman–Crippen LogP) is 1.98. The van der Waals surface area contributed by atoms with Gasteiger partial charge in [0.25, 0.3) is 0 Å². The van der Waals surface area contributed by atoms with E-state index in [-0.39, 0.29) is 13.0 Å². The molecular formula is C17H28N2O6. The minimum Gasteiger partial charge on any atom is -0.481 e. The molecule has 1 unspecified atom stereocenters. The van der Waals surface area contributed by atoms with Gasteiger partial charge in [0.2, 0.25) is 0 Å². The summed E-state index contributed by atoms with van der Waals surface area (Å²) in [5, 5.41) is 11.7. The maximum Gasteiger partial charge on any atom is 0.426 e. The number of rotatable bonds is 9. The number of ether oxygens (including phenoxy) is 1. The first-order valence-corrected chi connectivity index (χ1v) is 8.99. The van der Waals surface area contributed by atoms with Gasteiger partial charge >= 0.3 is 18.0 Å². The van der Waals surface area contributed by atoms with Crippen molar-refractivity contribution in [1.29, 1.82) is 0 Å². The number of hydrogen-bond acceptors (Lipinski definition) is 6. The number of carbonyl (C=O) groups is 3. The van der Waals surface area contributed by atoms with E-state index < -0.39 is 29.5 Å². The second-order valence-electron chi connectivity index (χ2n) is 7.29. The van der Waals surface area contributed by atoms with Crippen molar-refractivity contribution < 1.29 is 29.1 Å². The van der Waals surface area contributed by atoms with Gasteiger partial charge in [-0.15, -0.1) is 5.48 Å². The first kappa shape index (κ1) is 19.5. The number of carboxylic acid groups (broad SMARTS) is 1. The molecule has 0 aromatic heterocycles. The van der Waals surface area contributed by atoms with Crippen molar-refractivity contribution in [1.82, 2.24) is 10.8 Å². The Morgan fingerprint density at radius 2 is 1.88 bits per heavy atom. The number of hydrogen-bond donors (Lipinski definition) is 3. The van der Waals surface area contributed by atoms with Crippen molar-refractivity contribution >= 4 is 18.0 Å². The molecule has 2 saturated carbocycles. The van der Waals surface area contributed by atoms with Gasteiger partial charge in [-0.3, -0.25) is 9.59 Å². The lowest BCUT2D eigenvalue weighted by Crippen LogP contribution is -2.44. The fourth-order valence-corrected chi connectivity index (χ4v) is 3.13. The highest BCUT2D eigenvalue weighted by Gasteiger charge is 2.35. The van der Waals surface area contributed by atoms with E-state index in [1.165, 1.54) is 0 Å². The number of amides is 1. The van der Waals surface area contributed by atoms with Gasteiger partial charge in [0, 0.05) is 6.54 Å². The Morgan fingerprint density at radius 3 is 2.48 bits per heavy atom. The van der Waals surface area contributed by atoms with Crippen LogP contribution in [-0.4, -0.2) is 42.3 Å². The van der Waals surface area contributed by atoms with E-state index in [1.807, 2.05) is 0 Å². The number of nitrogens with one attached hydrogen (secondary N) is 2. The third-order valence-electron chi connectivity index (χ3n) is 4.89. The molecular weight excluding hydrogens is 328 g/mol. The van der Waals surface area contributed by atoms with Gasteiger partial charge in [-0.2, -0.15) is 0 Å². The highest BCUT2D eigenvalue weighted by molar-refractivity contribution is 5.75. The van der Waals surface area contributed by atoms with Crippen LogP contribution in [0.4, 0.5) is 4.79 Å². The third kappa shape index (κ3) is 6.89. The summed E-state index contributed by atoms with van der Waals surface area (Å²) in [5.41, 5.74) is 1.95. The number of carbonyl (C=O) groups excluding carboxylic acids is 2. The van der Waals surface area contributed by atoms with Crippen LogP contribution < -0.4 is 10.8 Å². The van der Waals surface area contributed by atoms with E-state index in [0.717, 1.165) is 44.9 Å². The molecule has 0 heterocycles. The Morgan fingerprint density at radius 1 is 1.20 bits per heavy atom. The maximum atomic E-state index is 11.8. The first-order valence-electron chi connectivity index (χ1n) is 8.99. The van der Waals surface area contributed by atoms with Crippen molar-refractivity contribution in [2.75, 3.05) is 13.2 Å². The first-order chi connectivity index (χ1) is 11.9. The van der Waals surface area contributed by atoms with Crippen molar-refractivity contribution in [3.05, 3.63) is 0 Å². The Bertz CT molecular complexity index is 486. The fourth-order valence-electron chi connectivity index (χ4n) is 3.13. The van der Waals surface area contributed by atoms with E-state index in [9.17, 15) is 14.4 Å². The molecule has 0 bridgehead atoms. The quantitative estimate of drug-likeness (QED) is 0.427. The zero-order chi connectivity index (χ0) is 18.3. The molecule has 0 saturated heterocycles. The zero-order valence-corrected chi connectivity index (χ0v) is 14.7.